The number of benzene rings is 2. The lowest BCUT2D eigenvalue weighted by atomic mass is 10.0. The maximum Gasteiger partial charge on any atom is 0.243 e. The maximum atomic E-state index is 13.5. The molecule has 2 aromatic carbocycles. The Morgan fingerprint density at radius 1 is 1.07 bits per heavy atom. The second-order valence-corrected chi connectivity index (χ2v) is 8.73. The summed E-state index contributed by atoms with van der Waals surface area (Å²) >= 11 is 12.7. The Hall–Kier alpha value is -2.04. The Labute approximate surface area is 189 Å². The molecular weight excluding hydrogens is 419 g/mol. The maximum absolute atomic E-state index is 13.5. The first-order valence-corrected chi connectivity index (χ1v) is 11.0. The molecule has 0 aromatic heterocycles. The molecular formula is C24H30Cl2N2O2. The Balaban J connectivity index is 2.42. The van der Waals surface area contributed by atoms with Crippen LogP contribution in [0.1, 0.15) is 49.4 Å². The van der Waals surface area contributed by atoms with E-state index in [1.807, 2.05) is 52.8 Å². The monoisotopic (exact) mass is 448 g/mol. The number of amides is 2. The van der Waals surface area contributed by atoms with Crippen molar-refractivity contribution in [1.82, 2.24) is 10.2 Å². The smallest absolute Gasteiger partial charge is 0.243 e. The van der Waals surface area contributed by atoms with E-state index in [2.05, 4.69) is 5.32 Å². The third-order valence-corrected chi connectivity index (χ3v) is 5.76. The van der Waals surface area contributed by atoms with Crippen molar-refractivity contribution in [3.8, 4) is 0 Å². The highest BCUT2D eigenvalue weighted by molar-refractivity contribution is 6.36. The van der Waals surface area contributed by atoms with Gasteiger partial charge >= 0.3 is 0 Å². The number of nitrogens with zero attached hydrogens (tertiary/aromatic N) is 1. The third kappa shape index (κ3) is 6.23. The molecule has 0 saturated heterocycles. The predicted molar refractivity (Wildman–Crippen MR) is 124 cm³/mol. The van der Waals surface area contributed by atoms with E-state index in [1.54, 1.807) is 23.1 Å². The third-order valence-electron chi connectivity index (χ3n) is 5.05. The van der Waals surface area contributed by atoms with Gasteiger partial charge in [-0.05, 0) is 57.4 Å². The van der Waals surface area contributed by atoms with E-state index >= 15 is 0 Å². The average Bonchev–Trinajstić information content (AvgIpc) is 2.66. The molecule has 0 radical (unpaired) electrons. The summed E-state index contributed by atoms with van der Waals surface area (Å²) in [7, 11) is 0. The summed E-state index contributed by atoms with van der Waals surface area (Å²) in [6.45, 7) is 9.86. The van der Waals surface area contributed by atoms with Crippen LogP contribution in [-0.4, -0.2) is 28.8 Å². The summed E-state index contributed by atoms with van der Waals surface area (Å²) < 4.78 is 0. The molecule has 2 amide bonds. The normalized spacial score (nSPS) is 12.0. The van der Waals surface area contributed by atoms with E-state index in [0.29, 0.717) is 22.0 Å². The van der Waals surface area contributed by atoms with Crippen molar-refractivity contribution >= 4 is 35.0 Å². The fourth-order valence-electron chi connectivity index (χ4n) is 3.41. The van der Waals surface area contributed by atoms with Crippen LogP contribution in [-0.2, 0) is 22.6 Å². The van der Waals surface area contributed by atoms with Gasteiger partial charge in [-0.15, -0.1) is 0 Å². The molecule has 0 aliphatic heterocycles. The molecule has 1 atom stereocenters. The highest BCUT2D eigenvalue weighted by atomic mass is 35.5. The van der Waals surface area contributed by atoms with Gasteiger partial charge in [-0.1, -0.05) is 60.0 Å². The minimum absolute atomic E-state index is 0.0218. The van der Waals surface area contributed by atoms with E-state index in [0.717, 1.165) is 16.7 Å². The first kappa shape index (κ1) is 24.2. The lowest BCUT2D eigenvalue weighted by Gasteiger charge is -2.32. The number of carbonyl (C=O) groups is 2. The van der Waals surface area contributed by atoms with Crippen molar-refractivity contribution in [3.05, 3.63) is 68.7 Å². The van der Waals surface area contributed by atoms with Gasteiger partial charge in [0.25, 0.3) is 0 Å². The van der Waals surface area contributed by atoms with Crippen molar-refractivity contribution in [2.45, 2.75) is 66.1 Å². The highest BCUT2D eigenvalue weighted by Gasteiger charge is 2.30. The molecule has 0 fully saturated rings. The zero-order valence-corrected chi connectivity index (χ0v) is 19.8. The van der Waals surface area contributed by atoms with Crippen LogP contribution in [0.15, 0.2) is 36.4 Å². The van der Waals surface area contributed by atoms with Gasteiger partial charge in [-0.25, -0.2) is 0 Å². The van der Waals surface area contributed by atoms with E-state index in [1.165, 1.54) is 0 Å². The Morgan fingerprint density at radius 3 is 2.27 bits per heavy atom. The van der Waals surface area contributed by atoms with Crippen LogP contribution in [0, 0.1) is 13.8 Å². The minimum atomic E-state index is -0.614. The molecule has 2 rings (SSSR count). The Bertz CT molecular complexity index is 892. The van der Waals surface area contributed by atoms with Crippen molar-refractivity contribution in [1.29, 1.82) is 0 Å². The van der Waals surface area contributed by atoms with Gasteiger partial charge < -0.3 is 10.2 Å². The predicted octanol–water partition coefficient (Wildman–Crippen LogP) is 5.48. The van der Waals surface area contributed by atoms with Gasteiger partial charge in [0, 0.05) is 28.2 Å². The number of hydrogen-bond acceptors (Lipinski definition) is 2. The van der Waals surface area contributed by atoms with Crippen LogP contribution in [0.25, 0.3) is 0 Å². The van der Waals surface area contributed by atoms with Crippen LogP contribution in [0.5, 0.6) is 0 Å². The first-order valence-electron chi connectivity index (χ1n) is 10.2. The zero-order chi connectivity index (χ0) is 22.4. The molecule has 0 aliphatic rings. The molecule has 0 spiro atoms. The fourth-order valence-corrected chi connectivity index (χ4v) is 3.93. The van der Waals surface area contributed by atoms with Crippen molar-refractivity contribution < 1.29 is 9.59 Å². The van der Waals surface area contributed by atoms with E-state index in [9.17, 15) is 9.59 Å². The molecule has 0 heterocycles. The topological polar surface area (TPSA) is 49.4 Å². The standard InChI is InChI=1S/C24H30Cl2N2O2/c1-6-22(24(30)27-15(2)3)28(14-19-20(25)8-7-9-21(19)26)23(29)13-18-12-16(4)10-11-17(18)5/h7-12,15,22H,6,13-14H2,1-5H3,(H,27,30)/t22-/m1/s1. The molecule has 162 valence electrons. The minimum Gasteiger partial charge on any atom is -0.352 e. The highest BCUT2D eigenvalue weighted by Crippen LogP contribution is 2.27. The van der Waals surface area contributed by atoms with E-state index in [-0.39, 0.29) is 30.8 Å². The molecule has 0 bridgehead atoms. The van der Waals surface area contributed by atoms with Crippen LogP contribution in [0.4, 0.5) is 0 Å². The summed E-state index contributed by atoms with van der Waals surface area (Å²) in [5.74, 6) is -0.310. The second kappa shape index (κ2) is 10.8. The second-order valence-electron chi connectivity index (χ2n) is 7.92. The number of halogens is 2. The van der Waals surface area contributed by atoms with Gasteiger partial charge in [-0.3, -0.25) is 9.59 Å². The van der Waals surface area contributed by atoms with Gasteiger partial charge in [-0.2, -0.15) is 0 Å². The summed E-state index contributed by atoms with van der Waals surface area (Å²) in [5.41, 5.74) is 3.73. The Kier molecular flexibility index (Phi) is 8.75. The van der Waals surface area contributed by atoms with E-state index < -0.39 is 6.04 Å². The lowest BCUT2D eigenvalue weighted by Crippen LogP contribution is -2.50. The molecule has 4 nitrogen and oxygen atoms in total. The van der Waals surface area contributed by atoms with Crippen LogP contribution < -0.4 is 5.32 Å². The van der Waals surface area contributed by atoms with Crippen molar-refractivity contribution in [3.63, 3.8) is 0 Å². The molecule has 2 aromatic rings. The van der Waals surface area contributed by atoms with Crippen LogP contribution >= 0.6 is 23.2 Å². The number of nitrogens with one attached hydrogen (secondary N) is 1. The van der Waals surface area contributed by atoms with E-state index in [4.69, 9.17) is 23.2 Å². The Morgan fingerprint density at radius 2 is 1.70 bits per heavy atom. The number of hydrogen-bond donors (Lipinski definition) is 1. The molecule has 6 heteroatoms. The van der Waals surface area contributed by atoms with Crippen molar-refractivity contribution in [2.24, 2.45) is 0 Å². The summed E-state index contributed by atoms with van der Waals surface area (Å²) in [5, 5.41) is 3.89. The molecule has 0 aliphatic carbocycles. The molecule has 30 heavy (non-hydrogen) atoms. The largest absolute Gasteiger partial charge is 0.352 e. The number of rotatable bonds is 8. The number of carbonyl (C=O) groups excluding carboxylic acids is 2. The fraction of sp³-hybridized carbons (Fsp3) is 0.417. The number of aryl methyl sites for hydroxylation is 2. The quantitative estimate of drug-likeness (QED) is 0.580. The molecule has 0 saturated carbocycles. The van der Waals surface area contributed by atoms with Crippen LogP contribution in [0.2, 0.25) is 10.0 Å². The van der Waals surface area contributed by atoms with Gasteiger partial charge in [0.1, 0.15) is 6.04 Å². The molecule has 0 unspecified atom stereocenters. The van der Waals surface area contributed by atoms with Gasteiger partial charge in [0.2, 0.25) is 11.8 Å². The molecule has 1 N–H and O–H groups in total. The zero-order valence-electron chi connectivity index (χ0n) is 18.3. The summed E-state index contributed by atoms with van der Waals surface area (Å²) in [6.07, 6.45) is 0.695. The average molecular weight is 449 g/mol. The van der Waals surface area contributed by atoms with Crippen molar-refractivity contribution in [2.75, 3.05) is 0 Å². The van der Waals surface area contributed by atoms with Gasteiger partial charge in [0.15, 0.2) is 0 Å². The lowest BCUT2D eigenvalue weighted by molar-refractivity contribution is -0.141. The first-order chi connectivity index (χ1) is 14.1. The summed E-state index contributed by atoms with van der Waals surface area (Å²) in [4.78, 5) is 28.0. The summed E-state index contributed by atoms with van der Waals surface area (Å²) in [6, 6.07) is 10.7. The SMILES string of the molecule is CC[C@H](C(=O)NC(C)C)N(Cc1c(Cl)cccc1Cl)C(=O)Cc1cc(C)ccc1C. The van der Waals surface area contributed by atoms with Crippen LogP contribution in [0.3, 0.4) is 0 Å². The van der Waals surface area contributed by atoms with Gasteiger partial charge in [0.05, 0.1) is 6.42 Å².